The van der Waals surface area contributed by atoms with Crippen molar-refractivity contribution in [3.63, 3.8) is 0 Å². The molecule has 0 radical (unpaired) electrons. The van der Waals surface area contributed by atoms with Crippen LogP contribution >= 0.6 is 11.3 Å². The maximum Gasteiger partial charge on any atom is 0.264 e. The molecule has 0 unspecified atom stereocenters. The number of nitrogens with one attached hydrogen (secondary N) is 1. The molecule has 1 N–H and O–H groups in total. The average Bonchev–Trinajstić information content (AvgIpc) is 3.02. The van der Waals surface area contributed by atoms with E-state index in [0.29, 0.717) is 5.13 Å². The van der Waals surface area contributed by atoms with E-state index in [2.05, 4.69) is 15.2 Å². The zero-order valence-electron chi connectivity index (χ0n) is 13.3. The van der Waals surface area contributed by atoms with Gasteiger partial charge in [-0.25, -0.2) is 9.37 Å². The Morgan fingerprint density at radius 1 is 1.29 bits per heavy atom. The summed E-state index contributed by atoms with van der Waals surface area (Å²) in [5, 5.41) is 5.20. The zero-order valence-corrected chi connectivity index (χ0v) is 14.2. The van der Waals surface area contributed by atoms with Crippen LogP contribution in [0.2, 0.25) is 0 Å². The molecule has 0 saturated carbocycles. The normalized spacial score (nSPS) is 15.2. The number of piperidine rings is 1. The Morgan fingerprint density at radius 3 is 2.88 bits per heavy atom. The van der Waals surface area contributed by atoms with E-state index < -0.39 is 5.82 Å². The second kappa shape index (κ2) is 8.21. The highest BCUT2D eigenvalue weighted by molar-refractivity contribution is 7.13. The quantitative estimate of drug-likeness (QED) is 0.869. The third-order valence-electron chi connectivity index (χ3n) is 3.83. The Morgan fingerprint density at radius 2 is 2.08 bits per heavy atom. The largest absolute Gasteiger partial charge is 0.481 e. The van der Waals surface area contributed by atoms with Crippen molar-refractivity contribution in [3.05, 3.63) is 41.2 Å². The summed E-state index contributed by atoms with van der Waals surface area (Å²) in [6, 6.07) is 6.01. The second-order valence-corrected chi connectivity index (χ2v) is 6.61. The maximum atomic E-state index is 13.4. The number of rotatable bonds is 6. The lowest BCUT2D eigenvalue weighted by Crippen LogP contribution is -2.29. The van der Waals surface area contributed by atoms with Crippen molar-refractivity contribution < 1.29 is 13.9 Å². The molecule has 1 aliphatic heterocycles. The molecule has 2 heterocycles. The van der Waals surface area contributed by atoms with E-state index >= 15 is 0 Å². The number of anilines is 1. The Bertz CT molecular complexity index is 686. The topological polar surface area (TPSA) is 54.5 Å². The first-order valence-corrected chi connectivity index (χ1v) is 8.92. The Balaban J connectivity index is 1.47. The number of hydrogen-bond donors (Lipinski definition) is 1. The van der Waals surface area contributed by atoms with Crippen molar-refractivity contribution in [3.8, 4) is 5.75 Å². The van der Waals surface area contributed by atoms with Gasteiger partial charge in [0.2, 0.25) is 0 Å². The van der Waals surface area contributed by atoms with Gasteiger partial charge in [0, 0.05) is 11.9 Å². The smallest absolute Gasteiger partial charge is 0.264 e. The fourth-order valence-corrected chi connectivity index (χ4v) is 3.36. The molecule has 1 amide bonds. The molecule has 3 rings (SSSR count). The predicted molar refractivity (Wildman–Crippen MR) is 91.8 cm³/mol. The van der Waals surface area contributed by atoms with Crippen molar-refractivity contribution in [1.82, 2.24) is 9.88 Å². The molecule has 1 aromatic heterocycles. The van der Waals surface area contributed by atoms with Gasteiger partial charge in [0.25, 0.3) is 5.91 Å². The molecule has 24 heavy (non-hydrogen) atoms. The summed E-state index contributed by atoms with van der Waals surface area (Å²) >= 11 is 1.39. The van der Waals surface area contributed by atoms with Crippen LogP contribution in [0.5, 0.6) is 5.75 Å². The van der Waals surface area contributed by atoms with Crippen LogP contribution in [0, 0.1) is 5.82 Å². The summed E-state index contributed by atoms with van der Waals surface area (Å²) in [4.78, 5) is 18.7. The minimum absolute atomic E-state index is 0.0672. The van der Waals surface area contributed by atoms with Crippen molar-refractivity contribution >= 4 is 22.4 Å². The summed E-state index contributed by atoms with van der Waals surface area (Å²) in [5.74, 6) is -0.766. The van der Waals surface area contributed by atoms with Gasteiger partial charge in [-0.2, -0.15) is 0 Å². The zero-order chi connectivity index (χ0) is 16.8. The van der Waals surface area contributed by atoms with Crippen LogP contribution in [0.3, 0.4) is 0 Å². The van der Waals surface area contributed by atoms with Crippen LogP contribution in [-0.2, 0) is 11.3 Å². The first kappa shape index (κ1) is 16.9. The molecule has 0 spiro atoms. The highest BCUT2D eigenvalue weighted by atomic mass is 32.1. The minimum atomic E-state index is -0.483. The predicted octanol–water partition coefficient (Wildman–Crippen LogP) is 3.29. The Labute approximate surface area is 144 Å². The van der Waals surface area contributed by atoms with Crippen LogP contribution in [-0.4, -0.2) is 35.5 Å². The lowest BCUT2D eigenvalue weighted by Gasteiger charge is -2.25. The minimum Gasteiger partial charge on any atom is -0.481 e. The van der Waals surface area contributed by atoms with Crippen molar-refractivity contribution in [2.45, 2.75) is 25.8 Å². The van der Waals surface area contributed by atoms with Crippen LogP contribution in [0.15, 0.2) is 29.6 Å². The Kier molecular flexibility index (Phi) is 5.77. The molecular formula is C17H20FN3O2S. The number of amides is 1. The first-order valence-electron chi connectivity index (χ1n) is 8.04. The van der Waals surface area contributed by atoms with E-state index in [1.54, 1.807) is 12.1 Å². The van der Waals surface area contributed by atoms with Crippen molar-refractivity contribution in [2.75, 3.05) is 25.0 Å². The third kappa shape index (κ3) is 4.75. The lowest BCUT2D eigenvalue weighted by molar-refractivity contribution is -0.118. The number of carbonyl (C=O) groups is 1. The van der Waals surface area contributed by atoms with Gasteiger partial charge >= 0.3 is 0 Å². The van der Waals surface area contributed by atoms with Crippen LogP contribution in [0.25, 0.3) is 0 Å². The monoisotopic (exact) mass is 349 g/mol. The summed E-state index contributed by atoms with van der Waals surface area (Å²) in [6.45, 7) is 2.78. The number of aromatic nitrogens is 1. The number of ether oxygens (including phenoxy) is 1. The molecule has 1 aromatic carbocycles. The standard InChI is InChI=1S/C17H20FN3O2S/c18-14-6-2-3-7-15(14)23-11-16(22)20-17-19-13(12-24-17)10-21-8-4-1-5-9-21/h2-3,6-7,12H,1,4-5,8-11H2,(H,19,20,22). The van der Waals surface area contributed by atoms with Gasteiger partial charge < -0.3 is 4.74 Å². The lowest BCUT2D eigenvalue weighted by atomic mass is 10.1. The van der Waals surface area contributed by atoms with Crippen LogP contribution in [0.1, 0.15) is 25.0 Å². The number of thiazole rings is 1. The van der Waals surface area contributed by atoms with E-state index in [4.69, 9.17) is 4.74 Å². The maximum absolute atomic E-state index is 13.4. The number of hydrogen-bond acceptors (Lipinski definition) is 5. The summed E-state index contributed by atoms with van der Waals surface area (Å²) in [7, 11) is 0. The highest BCUT2D eigenvalue weighted by Gasteiger charge is 2.13. The molecule has 2 aromatic rings. The van der Waals surface area contributed by atoms with Gasteiger partial charge in [0.05, 0.1) is 5.69 Å². The van der Waals surface area contributed by atoms with Crippen LogP contribution < -0.4 is 10.1 Å². The van der Waals surface area contributed by atoms with Gasteiger partial charge in [0.1, 0.15) is 0 Å². The molecular weight excluding hydrogens is 329 g/mol. The summed E-state index contributed by atoms with van der Waals surface area (Å²) in [5.41, 5.74) is 0.965. The molecule has 128 valence electrons. The second-order valence-electron chi connectivity index (χ2n) is 5.75. The molecule has 0 bridgehead atoms. The number of likely N-dealkylation sites (tertiary alicyclic amines) is 1. The average molecular weight is 349 g/mol. The molecule has 0 aliphatic carbocycles. The van der Waals surface area contributed by atoms with Crippen molar-refractivity contribution in [1.29, 1.82) is 0 Å². The van der Waals surface area contributed by atoms with Gasteiger partial charge in [-0.3, -0.25) is 15.0 Å². The van der Waals surface area contributed by atoms with Gasteiger partial charge in [-0.05, 0) is 38.1 Å². The molecule has 1 aliphatic rings. The van der Waals surface area contributed by atoms with E-state index in [1.807, 2.05) is 5.38 Å². The molecule has 0 atom stereocenters. The Hall–Kier alpha value is -1.99. The summed E-state index contributed by atoms with van der Waals surface area (Å²) < 4.78 is 18.6. The van der Waals surface area contributed by atoms with E-state index in [1.165, 1.54) is 42.7 Å². The first-order chi connectivity index (χ1) is 11.7. The van der Waals surface area contributed by atoms with E-state index in [-0.39, 0.29) is 18.3 Å². The number of halogens is 1. The molecule has 5 nitrogen and oxygen atoms in total. The number of benzene rings is 1. The van der Waals surface area contributed by atoms with E-state index in [9.17, 15) is 9.18 Å². The molecule has 1 fully saturated rings. The number of carbonyl (C=O) groups excluding carboxylic acids is 1. The third-order valence-corrected chi connectivity index (χ3v) is 4.63. The number of para-hydroxylation sites is 1. The SMILES string of the molecule is O=C(COc1ccccc1F)Nc1nc(CN2CCCCC2)cs1. The molecule has 7 heteroatoms. The van der Waals surface area contributed by atoms with Gasteiger partial charge in [-0.15, -0.1) is 11.3 Å². The van der Waals surface area contributed by atoms with Gasteiger partial charge in [0.15, 0.2) is 23.3 Å². The fraction of sp³-hybridized carbons (Fsp3) is 0.412. The summed E-state index contributed by atoms with van der Waals surface area (Å²) in [6.07, 6.45) is 3.78. The highest BCUT2D eigenvalue weighted by Crippen LogP contribution is 2.19. The fourth-order valence-electron chi connectivity index (χ4n) is 2.64. The molecule has 1 saturated heterocycles. The van der Waals surface area contributed by atoms with Gasteiger partial charge in [-0.1, -0.05) is 18.6 Å². The van der Waals surface area contributed by atoms with E-state index in [0.717, 1.165) is 25.3 Å². The number of nitrogens with zero attached hydrogens (tertiary/aromatic N) is 2. The van der Waals surface area contributed by atoms with Crippen LogP contribution in [0.4, 0.5) is 9.52 Å². The van der Waals surface area contributed by atoms with Crippen molar-refractivity contribution in [2.24, 2.45) is 0 Å².